The third kappa shape index (κ3) is 1.56. The molecule has 2 aliphatic rings. The van der Waals surface area contributed by atoms with Crippen LogP contribution in [0.25, 0.3) is 0 Å². The predicted octanol–water partition coefficient (Wildman–Crippen LogP) is 1.37. The lowest BCUT2D eigenvalue weighted by Crippen LogP contribution is -2.44. The van der Waals surface area contributed by atoms with Crippen molar-refractivity contribution in [3.05, 3.63) is 8.66 Å². The first kappa shape index (κ1) is 11.0. The molecule has 5 nitrogen and oxygen atoms in total. The van der Waals surface area contributed by atoms with Gasteiger partial charge in [-0.1, -0.05) is 0 Å². The van der Waals surface area contributed by atoms with E-state index in [4.69, 9.17) is 4.74 Å². The summed E-state index contributed by atoms with van der Waals surface area (Å²) < 4.78 is 6.14. The number of nitrogens with zero attached hydrogens (tertiary/aromatic N) is 1. The van der Waals surface area contributed by atoms with E-state index < -0.39 is 0 Å². The van der Waals surface area contributed by atoms with Gasteiger partial charge in [-0.25, -0.2) is 0 Å². The van der Waals surface area contributed by atoms with Crippen LogP contribution in [0.4, 0.5) is 5.69 Å². The number of hydrogen-bond donors (Lipinski definition) is 1. The minimum absolute atomic E-state index is 0.0304. The number of carbonyl (C=O) groups is 2. The van der Waals surface area contributed by atoms with Gasteiger partial charge in [0.2, 0.25) is 0 Å². The molecule has 0 aliphatic carbocycles. The minimum Gasteiger partial charge on any atom is -0.479 e. The summed E-state index contributed by atoms with van der Waals surface area (Å²) in [7, 11) is 0. The van der Waals surface area contributed by atoms with E-state index in [-0.39, 0.29) is 24.5 Å². The Balaban J connectivity index is 2.22. The van der Waals surface area contributed by atoms with Crippen molar-refractivity contribution >= 4 is 44.8 Å². The molecule has 0 aromatic carbocycles. The summed E-state index contributed by atoms with van der Waals surface area (Å²) in [6.45, 7) is 2.39. The lowest BCUT2D eigenvalue weighted by molar-refractivity contribution is -0.121. The number of amides is 2. The minimum atomic E-state index is -0.148. The van der Waals surface area contributed by atoms with Gasteiger partial charge in [-0.2, -0.15) is 0 Å². The van der Waals surface area contributed by atoms with E-state index in [1.165, 1.54) is 11.3 Å². The molecule has 1 N–H and O–H groups in total. The first-order valence-corrected chi connectivity index (χ1v) is 6.75. The van der Waals surface area contributed by atoms with Crippen molar-refractivity contribution in [1.82, 2.24) is 5.32 Å². The van der Waals surface area contributed by atoms with Gasteiger partial charge < -0.3 is 15.0 Å². The van der Waals surface area contributed by atoms with E-state index in [1.807, 2.05) is 6.92 Å². The predicted molar refractivity (Wildman–Crippen MR) is 66.8 cm³/mol. The Hall–Kier alpha value is -1.08. The Bertz CT molecular complexity index is 528. The van der Waals surface area contributed by atoms with Crippen LogP contribution < -0.4 is 15.0 Å². The van der Waals surface area contributed by atoms with Crippen LogP contribution in [0.2, 0.25) is 0 Å². The molecule has 0 saturated carbocycles. The molecule has 0 bridgehead atoms. The lowest BCUT2D eigenvalue weighted by atomic mass is 10.2. The van der Waals surface area contributed by atoms with Crippen molar-refractivity contribution in [2.75, 3.05) is 18.1 Å². The smallest absolute Gasteiger partial charge is 0.265 e. The van der Waals surface area contributed by atoms with Crippen LogP contribution in [0, 0.1) is 0 Å². The van der Waals surface area contributed by atoms with Crippen molar-refractivity contribution < 1.29 is 14.3 Å². The molecule has 90 valence electrons. The van der Waals surface area contributed by atoms with E-state index in [0.717, 1.165) is 3.79 Å². The number of halogens is 1. The van der Waals surface area contributed by atoms with Crippen LogP contribution in [0.3, 0.4) is 0 Å². The normalized spacial score (nSPS) is 22.7. The highest BCUT2D eigenvalue weighted by Gasteiger charge is 2.37. The summed E-state index contributed by atoms with van der Waals surface area (Å²) in [4.78, 5) is 26.0. The monoisotopic (exact) mass is 316 g/mol. The molecule has 1 aromatic heterocycles. The van der Waals surface area contributed by atoms with Crippen molar-refractivity contribution in [3.63, 3.8) is 0 Å². The van der Waals surface area contributed by atoms with Crippen LogP contribution in [0.1, 0.15) is 16.6 Å². The largest absolute Gasteiger partial charge is 0.479 e. The van der Waals surface area contributed by atoms with Crippen molar-refractivity contribution in [3.8, 4) is 5.75 Å². The second-order valence-corrected chi connectivity index (χ2v) is 6.39. The first-order chi connectivity index (χ1) is 8.08. The van der Waals surface area contributed by atoms with Crippen molar-refractivity contribution in [2.24, 2.45) is 0 Å². The zero-order valence-electron chi connectivity index (χ0n) is 8.95. The number of hydrogen-bond acceptors (Lipinski definition) is 4. The van der Waals surface area contributed by atoms with Gasteiger partial charge in [-0.05, 0) is 22.9 Å². The van der Waals surface area contributed by atoms with E-state index in [2.05, 4.69) is 21.2 Å². The van der Waals surface area contributed by atoms with E-state index >= 15 is 0 Å². The Morgan fingerprint density at radius 2 is 2.29 bits per heavy atom. The molecule has 2 aliphatic heterocycles. The van der Waals surface area contributed by atoms with Gasteiger partial charge in [-0.15, -0.1) is 11.3 Å². The van der Waals surface area contributed by atoms with Crippen LogP contribution in [0.15, 0.2) is 3.79 Å². The molecule has 0 radical (unpaired) electrons. The summed E-state index contributed by atoms with van der Waals surface area (Å²) in [5.74, 6) is 0.353. The summed E-state index contributed by atoms with van der Waals surface area (Å²) >= 11 is 4.66. The quantitative estimate of drug-likeness (QED) is 0.786. The number of anilines is 1. The first-order valence-electron chi connectivity index (χ1n) is 5.14. The van der Waals surface area contributed by atoms with Gasteiger partial charge in [-0.3, -0.25) is 9.59 Å². The molecule has 0 saturated heterocycles. The second kappa shape index (κ2) is 3.71. The van der Waals surface area contributed by atoms with Gasteiger partial charge in [0.25, 0.3) is 11.8 Å². The standard InChI is InChI=1S/C10H9BrN2O3S/c1-4-2-13-5(14)3-16-7-6(13)8(10(15)12-4)17-9(7)11/h4H,2-3H2,1H3,(H,12,15). The molecule has 2 amide bonds. The van der Waals surface area contributed by atoms with Gasteiger partial charge >= 0.3 is 0 Å². The van der Waals surface area contributed by atoms with Crippen LogP contribution >= 0.6 is 27.3 Å². The highest BCUT2D eigenvalue weighted by molar-refractivity contribution is 9.11. The fourth-order valence-electron chi connectivity index (χ4n) is 2.04. The van der Waals surface area contributed by atoms with Crippen molar-refractivity contribution in [2.45, 2.75) is 13.0 Å². The van der Waals surface area contributed by atoms with Crippen LogP contribution in [0.5, 0.6) is 5.75 Å². The average Bonchev–Trinajstić information content (AvgIpc) is 2.54. The van der Waals surface area contributed by atoms with Crippen LogP contribution in [-0.4, -0.2) is 31.0 Å². The van der Waals surface area contributed by atoms with Crippen LogP contribution in [-0.2, 0) is 4.79 Å². The number of carbonyl (C=O) groups excluding carboxylic acids is 2. The molecule has 0 spiro atoms. The van der Waals surface area contributed by atoms with Gasteiger partial charge in [0.1, 0.15) is 14.4 Å². The van der Waals surface area contributed by atoms with E-state index in [0.29, 0.717) is 22.9 Å². The Labute approximate surface area is 110 Å². The number of ether oxygens (including phenoxy) is 1. The van der Waals surface area contributed by atoms with Crippen molar-refractivity contribution in [1.29, 1.82) is 0 Å². The Morgan fingerprint density at radius 1 is 1.53 bits per heavy atom. The van der Waals surface area contributed by atoms with Gasteiger partial charge in [0, 0.05) is 12.6 Å². The Kier molecular flexibility index (Phi) is 2.41. The molecule has 0 fully saturated rings. The third-order valence-electron chi connectivity index (χ3n) is 2.75. The zero-order valence-corrected chi connectivity index (χ0v) is 11.4. The summed E-state index contributed by atoms with van der Waals surface area (Å²) in [6.07, 6.45) is 0. The molecule has 7 heteroatoms. The van der Waals surface area contributed by atoms with E-state index in [9.17, 15) is 9.59 Å². The highest BCUT2D eigenvalue weighted by Crippen LogP contribution is 2.48. The summed E-state index contributed by atoms with van der Waals surface area (Å²) in [5.41, 5.74) is 0.611. The second-order valence-electron chi connectivity index (χ2n) is 4.05. The lowest BCUT2D eigenvalue weighted by Gasteiger charge is -2.28. The topological polar surface area (TPSA) is 58.6 Å². The molecule has 3 heterocycles. The average molecular weight is 317 g/mol. The molecule has 1 atom stereocenters. The molecular formula is C10H9BrN2O3S. The molecule has 3 rings (SSSR count). The summed E-state index contributed by atoms with van der Waals surface area (Å²) in [5, 5.41) is 2.85. The summed E-state index contributed by atoms with van der Waals surface area (Å²) in [6, 6.07) is -0.0595. The zero-order chi connectivity index (χ0) is 12.2. The maximum Gasteiger partial charge on any atom is 0.265 e. The van der Waals surface area contributed by atoms with E-state index in [1.54, 1.807) is 4.90 Å². The van der Waals surface area contributed by atoms with Gasteiger partial charge in [0.15, 0.2) is 12.4 Å². The number of nitrogens with one attached hydrogen (secondary N) is 1. The SMILES string of the molecule is CC1CN2C(=O)COc3c(Br)sc(c32)C(=O)N1. The maximum absolute atomic E-state index is 12.0. The molecule has 17 heavy (non-hydrogen) atoms. The molecule has 1 unspecified atom stereocenters. The molecular weight excluding hydrogens is 308 g/mol. The number of rotatable bonds is 0. The Morgan fingerprint density at radius 3 is 3.06 bits per heavy atom. The number of thiophene rings is 1. The van der Waals surface area contributed by atoms with Gasteiger partial charge in [0.05, 0.1) is 0 Å². The maximum atomic E-state index is 12.0. The molecule has 1 aromatic rings. The highest BCUT2D eigenvalue weighted by atomic mass is 79.9. The third-order valence-corrected chi connectivity index (χ3v) is 4.54. The fraction of sp³-hybridized carbons (Fsp3) is 0.400. The fourth-order valence-corrected chi connectivity index (χ4v) is 3.71.